The number of aryl methyl sites for hydroxylation is 1. The van der Waals surface area contributed by atoms with E-state index < -0.39 is 0 Å². The molecule has 0 aliphatic carbocycles. The van der Waals surface area contributed by atoms with Crippen molar-refractivity contribution in [3.8, 4) is 5.75 Å². The van der Waals surface area contributed by atoms with Crippen molar-refractivity contribution in [2.24, 2.45) is 5.73 Å². The largest absolute Gasteiger partial charge is 0.485 e. The van der Waals surface area contributed by atoms with Gasteiger partial charge in [0, 0.05) is 24.0 Å². The molecule has 94 valence electrons. The van der Waals surface area contributed by atoms with Crippen molar-refractivity contribution >= 4 is 0 Å². The lowest BCUT2D eigenvalue weighted by atomic mass is 10.1. The number of hydrogen-bond acceptors (Lipinski definition) is 4. The fourth-order valence-electron chi connectivity index (χ4n) is 1.69. The van der Waals surface area contributed by atoms with E-state index in [1.165, 1.54) is 0 Å². The maximum absolute atomic E-state index is 5.92. The Kier molecular flexibility index (Phi) is 3.89. The number of ether oxygens (including phenoxy) is 1. The van der Waals surface area contributed by atoms with Crippen molar-refractivity contribution < 1.29 is 4.74 Å². The smallest absolute Gasteiger partial charge is 0.166 e. The minimum Gasteiger partial charge on any atom is -0.485 e. The minimum absolute atomic E-state index is 0.0581. The van der Waals surface area contributed by atoms with Crippen LogP contribution in [0, 0.1) is 6.92 Å². The summed E-state index contributed by atoms with van der Waals surface area (Å²) in [7, 11) is 0. The van der Waals surface area contributed by atoms with Crippen LogP contribution in [0.2, 0.25) is 0 Å². The summed E-state index contributed by atoms with van der Waals surface area (Å²) in [6.45, 7) is 4.32. The molecular formula is C14H17N3O. The van der Waals surface area contributed by atoms with Gasteiger partial charge in [-0.2, -0.15) is 0 Å². The van der Waals surface area contributed by atoms with Gasteiger partial charge < -0.3 is 10.5 Å². The molecule has 4 nitrogen and oxygen atoms in total. The predicted octanol–water partition coefficient (Wildman–Crippen LogP) is 2.38. The average Bonchev–Trinajstić information content (AvgIpc) is 2.37. The van der Waals surface area contributed by atoms with Crippen molar-refractivity contribution in [3.05, 3.63) is 53.6 Å². The summed E-state index contributed by atoms with van der Waals surface area (Å²) >= 11 is 0. The van der Waals surface area contributed by atoms with E-state index in [2.05, 4.69) is 9.97 Å². The summed E-state index contributed by atoms with van der Waals surface area (Å²) in [4.78, 5) is 8.25. The van der Waals surface area contributed by atoms with Crippen molar-refractivity contribution in [2.45, 2.75) is 26.5 Å². The van der Waals surface area contributed by atoms with Crippen molar-refractivity contribution in [2.75, 3.05) is 0 Å². The Morgan fingerprint density at radius 1 is 1.28 bits per heavy atom. The molecule has 0 fully saturated rings. The first kappa shape index (κ1) is 12.5. The lowest BCUT2D eigenvalue weighted by molar-refractivity contribution is 0.291. The van der Waals surface area contributed by atoms with E-state index in [1.807, 2.05) is 32.0 Å². The molecule has 0 radical (unpaired) electrons. The highest BCUT2D eigenvalue weighted by Gasteiger charge is 2.09. The summed E-state index contributed by atoms with van der Waals surface area (Å²) in [6, 6.07) is 7.74. The molecule has 0 spiro atoms. The Balaban J connectivity index is 2.15. The van der Waals surface area contributed by atoms with Crippen LogP contribution >= 0.6 is 0 Å². The standard InChI is InChI=1S/C14H17N3O/c1-10-4-5-12(11(2)15)13(8-10)18-9-14-16-6-3-7-17-14/h3-8,11H,9,15H2,1-2H3/t11-/m1/s1. The van der Waals surface area contributed by atoms with Crippen LogP contribution in [0.15, 0.2) is 36.7 Å². The Morgan fingerprint density at radius 3 is 2.67 bits per heavy atom. The highest BCUT2D eigenvalue weighted by molar-refractivity contribution is 5.38. The van der Waals surface area contributed by atoms with E-state index >= 15 is 0 Å². The van der Waals surface area contributed by atoms with Gasteiger partial charge in [-0.05, 0) is 31.5 Å². The normalized spacial score (nSPS) is 12.2. The van der Waals surface area contributed by atoms with Crippen molar-refractivity contribution in [3.63, 3.8) is 0 Å². The first-order valence-electron chi connectivity index (χ1n) is 5.91. The van der Waals surface area contributed by atoms with E-state index in [1.54, 1.807) is 18.5 Å². The van der Waals surface area contributed by atoms with E-state index in [4.69, 9.17) is 10.5 Å². The van der Waals surface area contributed by atoms with E-state index in [0.29, 0.717) is 12.4 Å². The first-order chi connectivity index (χ1) is 8.66. The zero-order valence-corrected chi connectivity index (χ0v) is 10.6. The van der Waals surface area contributed by atoms with Gasteiger partial charge in [0.05, 0.1) is 0 Å². The van der Waals surface area contributed by atoms with Gasteiger partial charge in [0.2, 0.25) is 0 Å². The highest BCUT2D eigenvalue weighted by Crippen LogP contribution is 2.25. The lowest BCUT2D eigenvalue weighted by Gasteiger charge is -2.14. The molecule has 2 aromatic rings. The van der Waals surface area contributed by atoms with Gasteiger partial charge in [-0.15, -0.1) is 0 Å². The van der Waals surface area contributed by atoms with E-state index in [-0.39, 0.29) is 6.04 Å². The Hall–Kier alpha value is -1.94. The second-order valence-corrected chi connectivity index (χ2v) is 4.28. The summed E-state index contributed by atoms with van der Waals surface area (Å²) < 4.78 is 5.76. The molecule has 0 aliphatic heterocycles. The Morgan fingerprint density at radius 2 is 2.00 bits per heavy atom. The van der Waals surface area contributed by atoms with Crippen LogP contribution in [0.3, 0.4) is 0 Å². The van der Waals surface area contributed by atoms with E-state index in [9.17, 15) is 0 Å². The highest BCUT2D eigenvalue weighted by atomic mass is 16.5. The third-order valence-electron chi connectivity index (χ3n) is 2.64. The van der Waals surface area contributed by atoms with Crippen molar-refractivity contribution in [1.29, 1.82) is 0 Å². The van der Waals surface area contributed by atoms with Gasteiger partial charge in [0.15, 0.2) is 5.82 Å². The molecule has 1 aromatic carbocycles. The zero-order chi connectivity index (χ0) is 13.0. The quantitative estimate of drug-likeness (QED) is 0.895. The molecule has 1 atom stereocenters. The third-order valence-corrected chi connectivity index (χ3v) is 2.64. The molecule has 2 rings (SSSR count). The first-order valence-corrected chi connectivity index (χ1v) is 5.91. The van der Waals surface area contributed by atoms with Crippen LogP contribution in [0.1, 0.15) is 29.9 Å². The topological polar surface area (TPSA) is 61.0 Å². The third kappa shape index (κ3) is 3.05. The van der Waals surface area contributed by atoms with Gasteiger partial charge in [0.1, 0.15) is 12.4 Å². The van der Waals surface area contributed by atoms with Gasteiger partial charge in [-0.3, -0.25) is 0 Å². The number of nitrogens with two attached hydrogens (primary N) is 1. The molecule has 0 bridgehead atoms. The molecule has 4 heteroatoms. The molecule has 0 amide bonds. The van der Waals surface area contributed by atoms with Gasteiger partial charge >= 0.3 is 0 Å². The number of rotatable bonds is 4. The minimum atomic E-state index is -0.0581. The van der Waals surface area contributed by atoms with Crippen LogP contribution in [0.25, 0.3) is 0 Å². The Labute approximate surface area is 107 Å². The molecule has 0 aliphatic rings. The van der Waals surface area contributed by atoms with Gasteiger partial charge in [0.25, 0.3) is 0 Å². The molecule has 0 unspecified atom stereocenters. The molecular weight excluding hydrogens is 226 g/mol. The number of hydrogen-bond donors (Lipinski definition) is 1. The fraction of sp³-hybridized carbons (Fsp3) is 0.286. The number of aromatic nitrogens is 2. The molecule has 0 saturated carbocycles. The Bertz CT molecular complexity index is 512. The van der Waals surface area contributed by atoms with Crippen LogP contribution < -0.4 is 10.5 Å². The molecule has 2 N–H and O–H groups in total. The predicted molar refractivity (Wildman–Crippen MR) is 70.1 cm³/mol. The van der Waals surface area contributed by atoms with Crippen molar-refractivity contribution in [1.82, 2.24) is 9.97 Å². The molecule has 0 saturated heterocycles. The van der Waals surface area contributed by atoms with Crippen LogP contribution in [0.4, 0.5) is 0 Å². The maximum Gasteiger partial charge on any atom is 0.166 e. The number of benzene rings is 1. The molecule has 1 heterocycles. The molecule has 1 aromatic heterocycles. The van der Waals surface area contributed by atoms with Crippen LogP contribution in [-0.4, -0.2) is 9.97 Å². The SMILES string of the molecule is Cc1ccc([C@@H](C)N)c(OCc2ncccn2)c1. The second-order valence-electron chi connectivity index (χ2n) is 4.28. The van der Waals surface area contributed by atoms with Crippen LogP contribution in [-0.2, 0) is 6.61 Å². The van der Waals surface area contributed by atoms with E-state index in [0.717, 1.165) is 16.9 Å². The van der Waals surface area contributed by atoms with Gasteiger partial charge in [-0.25, -0.2) is 9.97 Å². The molecule has 18 heavy (non-hydrogen) atoms. The fourth-order valence-corrected chi connectivity index (χ4v) is 1.69. The van der Waals surface area contributed by atoms with Gasteiger partial charge in [-0.1, -0.05) is 12.1 Å². The summed E-state index contributed by atoms with van der Waals surface area (Å²) in [6.07, 6.45) is 3.41. The monoisotopic (exact) mass is 243 g/mol. The number of nitrogens with zero attached hydrogens (tertiary/aromatic N) is 2. The summed E-state index contributed by atoms with van der Waals surface area (Å²) in [5.74, 6) is 1.46. The lowest BCUT2D eigenvalue weighted by Crippen LogP contribution is -2.09. The second kappa shape index (κ2) is 5.60. The summed E-state index contributed by atoms with van der Waals surface area (Å²) in [5.41, 5.74) is 8.06. The average molecular weight is 243 g/mol. The maximum atomic E-state index is 5.92. The van der Waals surface area contributed by atoms with Crippen LogP contribution in [0.5, 0.6) is 5.75 Å². The zero-order valence-electron chi connectivity index (χ0n) is 10.6. The summed E-state index contributed by atoms with van der Waals surface area (Å²) in [5, 5.41) is 0.